The van der Waals surface area contributed by atoms with Gasteiger partial charge in [0.1, 0.15) is 0 Å². The summed E-state index contributed by atoms with van der Waals surface area (Å²) in [6.45, 7) is 4.60. The van der Waals surface area contributed by atoms with Crippen molar-refractivity contribution in [1.82, 2.24) is 4.90 Å². The summed E-state index contributed by atoms with van der Waals surface area (Å²) in [5, 5.41) is 0. The van der Waals surface area contributed by atoms with Crippen LogP contribution in [0.25, 0.3) is 0 Å². The number of piperidine rings is 1. The molecule has 1 amide bonds. The average Bonchev–Trinajstić information content (AvgIpc) is 2.63. The number of benzene rings is 2. The topological polar surface area (TPSA) is 63.4 Å². The molecule has 3 rings (SSSR count). The first-order chi connectivity index (χ1) is 12.0. The summed E-state index contributed by atoms with van der Waals surface area (Å²) in [5.41, 5.74) is 8.96. The van der Waals surface area contributed by atoms with Gasteiger partial charge in [0, 0.05) is 23.6 Å². The van der Waals surface area contributed by atoms with Gasteiger partial charge in [0.15, 0.2) is 5.78 Å². The third-order valence-electron chi connectivity index (χ3n) is 4.91. The number of primary amides is 1. The Morgan fingerprint density at radius 3 is 2.36 bits per heavy atom. The van der Waals surface area contributed by atoms with Crippen LogP contribution < -0.4 is 5.73 Å². The molecule has 4 nitrogen and oxygen atoms in total. The van der Waals surface area contributed by atoms with Crippen LogP contribution in [0.4, 0.5) is 0 Å². The lowest BCUT2D eigenvalue weighted by Crippen LogP contribution is -2.36. The summed E-state index contributed by atoms with van der Waals surface area (Å²) in [7, 11) is 0. The summed E-state index contributed by atoms with van der Waals surface area (Å²) < 4.78 is 0. The van der Waals surface area contributed by atoms with Crippen molar-refractivity contribution in [3.8, 4) is 0 Å². The highest BCUT2D eigenvalue weighted by atomic mass is 16.1. The van der Waals surface area contributed by atoms with Gasteiger partial charge in [0.25, 0.3) is 0 Å². The van der Waals surface area contributed by atoms with Gasteiger partial charge in [-0.1, -0.05) is 42.0 Å². The SMILES string of the molecule is Cc1ccc(C(=O)C2CCN(Cc3cccc(C(N)=O)c3)CC2)cc1. The van der Waals surface area contributed by atoms with Gasteiger partial charge in [-0.3, -0.25) is 14.5 Å². The fourth-order valence-electron chi connectivity index (χ4n) is 3.39. The van der Waals surface area contributed by atoms with Gasteiger partial charge in [0.05, 0.1) is 0 Å². The maximum absolute atomic E-state index is 12.6. The molecule has 1 fully saturated rings. The first kappa shape index (κ1) is 17.4. The monoisotopic (exact) mass is 336 g/mol. The third kappa shape index (κ3) is 4.34. The van der Waals surface area contributed by atoms with Crippen molar-refractivity contribution < 1.29 is 9.59 Å². The van der Waals surface area contributed by atoms with Crippen LogP contribution in [-0.4, -0.2) is 29.7 Å². The molecule has 25 heavy (non-hydrogen) atoms. The number of nitrogens with zero attached hydrogens (tertiary/aromatic N) is 1. The Labute approximate surface area is 148 Å². The predicted octanol–water partition coefficient (Wildman–Crippen LogP) is 3.19. The van der Waals surface area contributed by atoms with E-state index in [2.05, 4.69) is 4.90 Å². The van der Waals surface area contributed by atoms with Crippen molar-refractivity contribution in [1.29, 1.82) is 0 Å². The fraction of sp³-hybridized carbons (Fsp3) is 0.333. The number of hydrogen-bond donors (Lipinski definition) is 1. The van der Waals surface area contributed by atoms with Crippen LogP contribution in [0, 0.1) is 12.8 Å². The second-order valence-electron chi connectivity index (χ2n) is 6.85. The highest BCUT2D eigenvalue weighted by Gasteiger charge is 2.25. The highest BCUT2D eigenvalue weighted by molar-refractivity contribution is 5.98. The van der Waals surface area contributed by atoms with Crippen molar-refractivity contribution in [3.63, 3.8) is 0 Å². The lowest BCUT2D eigenvalue weighted by atomic mass is 9.88. The molecule has 1 aliphatic rings. The Kier molecular flexibility index (Phi) is 5.29. The third-order valence-corrected chi connectivity index (χ3v) is 4.91. The van der Waals surface area contributed by atoms with Gasteiger partial charge < -0.3 is 5.73 Å². The van der Waals surface area contributed by atoms with Gasteiger partial charge >= 0.3 is 0 Å². The van der Waals surface area contributed by atoms with E-state index in [1.54, 1.807) is 6.07 Å². The molecular formula is C21H24N2O2. The van der Waals surface area contributed by atoms with Crippen molar-refractivity contribution in [2.24, 2.45) is 11.7 Å². The number of rotatable bonds is 5. The van der Waals surface area contributed by atoms with Gasteiger partial charge in [-0.15, -0.1) is 0 Å². The Morgan fingerprint density at radius 2 is 1.72 bits per heavy atom. The van der Waals surface area contributed by atoms with Gasteiger partial charge in [-0.05, 0) is 50.6 Å². The number of hydrogen-bond acceptors (Lipinski definition) is 3. The highest BCUT2D eigenvalue weighted by Crippen LogP contribution is 2.23. The Morgan fingerprint density at radius 1 is 1.04 bits per heavy atom. The van der Waals surface area contributed by atoms with Crippen LogP contribution in [-0.2, 0) is 6.54 Å². The Bertz CT molecular complexity index is 760. The van der Waals surface area contributed by atoms with Crippen LogP contribution in [0.15, 0.2) is 48.5 Å². The molecule has 1 aliphatic heterocycles. The number of Topliss-reactive ketones (excluding diaryl/α,β-unsaturated/α-hetero) is 1. The Hall–Kier alpha value is -2.46. The van der Waals surface area contributed by atoms with Crippen molar-refractivity contribution >= 4 is 11.7 Å². The van der Waals surface area contributed by atoms with Crippen LogP contribution in [0.2, 0.25) is 0 Å². The number of amides is 1. The first-order valence-corrected chi connectivity index (χ1v) is 8.75. The quantitative estimate of drug-likeness (QED) is 0.853. The molecule has 0 aromatic heterocycles. The summed E-state index contributed by atoms with van der Waals surface area (Å²) in [5.74, 6) is -0.0319. The second-order valence-corrected chi connectivity index (χ2v) is 6.85. The van der Waals surface area contributed by atoms with E-state index in [1.165, 1.54) is 5.56 Å². The van der Waals surface area contributed by atoms with Gasteiger partial charge in [0.2, 0.25) is 5.91 Å². The van der Waals surface area contributed by atoms with E-state index in [-0.39, 0.29) is 11.7 Å². The molecule has 1 heterocycles. The Balaban J connectivity index is 1.56. The zero-order valence-corrected chi connectivity index (χ0v) is 14.6. The van der Waals surface area contributed by atoms with E-state index in [4.69, 9.17) is 5.73 Å². The van der Waals surface area contributed by atoms with Crippen molar-refractivity contribution in [3.05, 3.63) is 70.8 Å². The molecule has 4 heteroatoms. The molecule has 2 aromatic rings. The van der Waals surface area contributed by atoms with Crippen LogP contribution in [0.3, 0.4) is 0 Å². The average molecular weight is 336 g/mol. The summed E-state index contributed by atoms with van der Waals surface area (Å²) >= 11 is 0. The van der Waals surface area contributed by atoms with Gasteiger partial charge in [-0.2, -0.15) is 0 Å². The van der Waals surface area contributed by atoms with Crippen LogP contribution >= 0.6 is 0 Å². The lowest BCUT2D eigenvalue weighted by Gasteiger charge is -2.31. The van der Waals surface area contributed by atoms with E-state index >= 15 is 0 Å². The van der Waals surface area contributed by atoms with E-state index < -0.39 is 5.91 Å². The number of carbonyl (C=O) groups excluding carboxylic acids is 2. The summed E-state index contributed by atoms with van der Waals surface area (Å²) in [6, 6.07) is 15.3. The molecule has 2 aromatic carbocycles. The number of ketones is 1. The number of nitrogens with two attached hydrogens (primary N) is 1. The fourth-order valence-corrected chi connectivity index (χ4v) is 3.39. The predicted molar refractivity (Wildman–Crippen MR) is 98.5 cm³/mol. The molecular weight excluding hydrogens is 312 g/mol. The van der Waals surface area contributed by atoms with Crippen molar-refractivity contribution in [2.45, 2.75) is 26.3 Å². The maximum Gasteiger partial charge on any atom is 0.248 e. The van der Waals surface area contributed by atoms with E-state index in [9.17, 15) is 9.59 Å². The van der Waals surface area contributed by atoms with Crippen LogP contribution in [0.1, 0.15) is 44.7 Å². The second kappa shape index (κ2) is 7.62. The van der Waals surface area contributed by atoms with Crippen LogP contribution in [0.5, 0.6) is 0 Å². The number of carbonyl (C=O) groups is 2. The maximum atomic E-state index is 12.6. The van der Waals surface area contributed by atoms with E-state index in [0.29, 0.717) is 5.56 Å². The first-order valence-electron chi connectivity index (χ1n) is 8.75. The molecule has 0 saturated carbocycles. The zero-order chi connectivity index (χ0) is 17.8. The number of aryl methyl sites for hydroxylation is 1. The summed E-state index contributed by atoms with van der Waals surface area (Å²) in [4.78, 5) is 26.2. The van der Waals surface area contributed by atoms with Crippen molar-refractivity contribution in [2.75, 3.05) is 13.1 Å². The molecule has 0 atom stereocenters. The number of likely N-dealkylation sites (tertiary alicyclic amines) is 1. The van der Waals surface area contributed by atoms with E-state index in [0.717, 1.165) is 43.6 Å². The molecule has 130 valence electrons. The molecule has 2 N–H and O–H groups in total. The van der Waals surface area contributed by atoms with Gasteiger partial charge in [-0.25, -0.2) is 0 Å². The minimum atomic E-state index is -0.399. The lowest BCUT2D eigenvalue weighted by molar-refractivity contribution is 0.0834. The molecule has 0 bridgehead atoms. The smallest absolute Gasteiger partial charge is 0.248 e. The minimum absolute atomic E-state index is 0.107. The molecule has 0 spiro atoms. The van der Waals surface area contributed by atoms with E-state index in [1.807, 2.05) is 49.4 Å². The molecule has 0 unspecified atom stereocenters. The minimum Gasteiger partial charge on any atom is -0.366 e. The zero-order valence-electron chi connectivity index (χ0n) is 14.6. The molecule has 0 aliphatic carbocycles. The molecule has 1 saturated heterocycles. The standard InChI is InChI=1S/C21H24N2O2/c1-15-5-7-17(8-6-15)20(24)18-9-11-23(12-10-18)14-16-3-2-4-19(13-16)21(22)25/h2-8,13,18H,9-12,14H2,1H3,(H2,22,25). The normalized spacial score (nSPS) is 15.9. The largest absolute Gasteiger partial charge is 0.366 e. The summed E-state index contributed by atoms with van der Waals surface area (Å²) in [6.07, 6.45) is 1.75. The molecule has 0 radical (unpaired) electrons.